The van der Waals surface area contributed by atoms with Crippen LogP contribution in [0.1, 0.15) is 38.8 Å². The molecule has 0 spiro atoms. The van der Waals surface area contributed by atoms with Crippen molar-refractivity contribution in [1.82, 2.24) is 10.3 Å². The highest BCUT2D eigenvalue weighted by atomic mass is 14.9. The molecule has 1 rings (SSSR count). The van der Waals surface area contributed by atoms with Gasteiger partial charge in [0.2, 0.25) is 0 Å². The lowest BCUT2D eigenvalue weighted by Crippen LogP contribution is -2.24. The lowest BCUT2D eigenvalue weighted by atomic mass is 10.1. The third kappa shape index (κ3) is 3.46. The molecule has 78 valence electrons. The summed E-state index contributed by atoms with van der Waals surface area (Å²) in [6.07, 6.45) is 4.96. The first-order valence-corrected chi connectivity index (χ1v) is 5.37. The van der Waals surface area contributed by atoms with Gasteiger partial charge in [-0.2, -0.15) is 0 Å². The van der Waals surface area contributed by atoms with E-state index < -0.39 is 0 Å². The first kappa shape index (κ1) is 11.2. The molecule has 1 aromatic heterocycles. The van der Waals surface area contributed by atoms with Crippen molar-refractivity contribution < 1.29 is 0 Å². The Morgan fingerprint density at radius 3 is 2.79 bits per heavy atom. The summed E-state index contributed by atoms with van der Waals surface area (Å²) in [4.78, 5) is 4.11. The summed E-state index contributed by atoms with van der Waals surface area (Å²) < 4.78 is 0. The number of hydrogen-bond acceptors (Lipinski definition) is 2. The van der Waals surface area contributed by atoms with E-state index in [0.717, 1.165) is 12.5 Å². The van der Waals surface area contributed by atoms with Crippen LogP contribution in [-0.2, 0) is 0 Å². The third-order valence-electron chi connectivity index (χ3n) is 2.65. The van der Waals surface area contributed by atoms with Gasteiger partial charge >= 0.3 is 0 Å². The minimum atomic E-state index is 0.401. The average Bonchev–Trinajstić information content (AvgIpc) is 2.26. The molecule has 14 heavy (non-hydrogen) atoms. The van der Waals surface area contributed by atoms with Gasteiger partial charge in [0.15, 0.2) is 0 Å². The van der Waals surface area contributed by atoms with Crippen LogP contribution in [-0.4, -0.2) is 11.5 Å². The van der Waals surface area contributed by atoms with E-state index in [-0.39, 0.29) is 0 Å². The van der Waals surface area contributed by atoms with Crippen LogP contribution in [0.25, 0.3) is 0 Å². The zero-order chi connectivity index (χ0) is 10.4. The second-order valence-electron chi connectivity index (χ2n) is 3.93. The summed E-state index contributed by atoms with van der Waals surface area (Å²) in [5.74, 6) is 0.745. The van der Waals surface area contributed by atoms with Crippen molar-refractivity contribution in [2.75, 3.05) is 6.54 Å². The summed E-state index contributed by atoms with van der Waals surface area (Å²) in [5.41, 5.74) is 1.26. The van der Waals surface area contributed by atoms with Crippen LogP contribution in [0.2, 0.25) is 0 Å². The van der Waals surface area contributed by atoms with Crippen LogP contribution in [0.5, 0.6) is 0 Å². The number of pyridine rings is 1. The summed E-state index contributed by atoms with van der Waals surface area (Å²) in [7, 11) is 0. The van der Waals surface area contributed by atoms with Crippen LogP contribution in [0.4, 0.5) is 0 Å². The molecule has 1 N–H and O–H groups in total. The van der Waals surface area contributed by atoms with Crippen molar-refractivity contribution in [3.8, 4) is 0 Å². The van der Waals surface area contributed by atoms with Gasteiger partial charge in [-0.3, -0.25) is 4.98 Å². The Labute approximate surface area is 86.8 Å². The topological polar surface area (TPSA) is 24.9 Å². The van der Waals surface area contributed by atoms with Crippen molar-refractivity contribution in [1.29, 1.82) is 0 Å². The lowest BCUT2D eigenvalue weighted by Gasteiger charge is -2.16. The maximum absolute atomic E-state index is 4.11. The fourth-order valence-electron chi connectivity index (χ4n) is 1.27. The molecule has 0 aliphatic heterocycles. The molecule has 0 aromatic carbocycles. The van der Waals surface area contributed by atoms with E-state index in [1.165, 1.54) is 12.0 Å². The van der Waals surface area contributed by atoms with Gasteiger partial charge in [-0.25, -0.2) is 0 Å². The monoisotopic (exact) mass is 192 g/mol. The van der Waals surface area contributed by atoms with Crippen molar-refractivity contribution in [2.24, 2.45) is 5.92 Å². The highest BCUT2D eigenvalue weighted by Gasteiger charge is 2.05. The zero-order valence-corrected chi connectivity index (χ0v) is 9.33. The molecule has 0 saturated heterocycles. The number of aromatic nitrogens is 1. The van der Waals surface area contributed by atoms with Gasteiger partial charge in [-0.05, 0) is 31.0 Å². The van der Waals surface area contributed by atoms with Crippen LogP contribution in [0.15, 0.2) is 24.5 Å². The predicted molar refractivity (Wildman–Crippen MR) is 60.1 cm³/mol. The maximum atomic E-state index is 4.11. The molecule has 0 aliphatic carbocycles. The van der Waals surface area contributed by atoms with Gasteiger partial charge in [0.1, 0.15) is 0 Å². The SMILES string of the molecule is CC[C@H](C)CN[C@@H](C)c1cccnc1. The van der Waals surface area contributed by atoms with Gasteiger partial charge < -0.3 is 5.32 Å². The number of hydrogen-bond donors (Lipinski definition) is 1. The van der Waals surface area contributed by atoms with E-state index in [1.54, 1.807) is 0 Å². The van der Waals surface area contributed by atoms with Gasteiger partial charge in [0.05, 0.1) is 0 Å². The molecule has 0 amide bonds. The van der Waals surface area contributed by atoms with E-state index in [0.29, 0.717) is 6.04 Å². The summed E-state index contributed by atoms with van der Waals surface area (Å²) in [6.45, 7) is 7.75. The normalized spacial score (nSPS) is 15.1. The lowest BCUT2D eigenvalue weighted by molar-refractivity contribution is 0.460. The fraction of sp³-hybridized carbons (Fsp3) is 0.583. The fourth-order valence-corrected chi connectivity index (χ4v) is 1.27. The van der Waals surface area contributed by atoms with Gasteiger partial charge in [0, 0.05) is 18.4 Å². The molecule has 2 nitrogen and oxygen atoms in total. The average molecular weight is 192 g/mol. The molecule has 0 unspecified atom stereocenters. The molecule has 2 heteroatoms. The van der Waals surface area contributed by atoms with E-state index in [2.05, 4.69) is 37.1 Å². The maximum Gasteiger partial charge on any atom is 0.0315 e. The van der Waals surface area contributed by atoms with E-state index in [4.69, 9.17) is 0 Å². The second kappa shape index (κ2) is 5.76. The zero-order valence-electron chi connectivity index (χ0n) is 9.33. The predicted octanol–water partition coefficient (Wildman–Crippen LogP) is 2.78. The Morgan fingerprint density at radius 2 is 2.21 bits per heavy atom. The largest absolute Gasteiger partial charge is 0.310 e. The molecule has 0 fully saturated rings. The molecule has 0 aliphatic rings. The van der Waals surface area contributed by atoms with Gasteiger partial charge in [-0.15, -0.1) is 0 Å². The highest BCUT2D eigenvalue weighted by Crippen LogP contribution is 2.10. The van der Waals surface area contributed by atoms with Crippen LogP contribution in [0.3, 0.4) is 0 Å². The van der Waals surface area contributed by atoms with Gasteiger partial charge in [0.25, 0.3) is 0 Å². The molecular weight excluding hydrogens is 172 g/mol. The van der Waals surface area contributed by atoms with Crippen molar-refractivity contribution in [2.45, 2.75) is 33.2 Å². The van der Waals surface area contributed by atoms with Crippen molar-refractivity contribution >= 4 is 0 Å². The summed E-state index contributed by atoms with van der Waals surface area (Å²) in [5, 5.41) is 3.51. The molecule has 0 radical (unpaired) electrons. The van der Waals surface area contributed by atoms with Crippen LogP contribution >= 0.6 is 0 Å². The Kier molecular flexibility index (Phi) is 4.60. The van der Waals surface area contributed by atoms with Crippen molar-refractivity contribution in [3.63, 3.8) is 0 Å². The minimum absolute atomic E-state index is 0.401. The van der Waals surface area contributed by atoms with Gasteiger partial charge in [-0.1, -0.05) is 26.3 Å². The highest BCUT2D eigenvalue weighted by molar-refractivity contribution is 5.12. The quantitative estimate of drug-likeness (QED) is 0.776. The summed E-state index contributed by atoms with van der Waals surface area (Å²) in [6, 6.07) is 4.50. The minimum Gasteiger partial charge on any atom is -0.310 e. The Morgan fingerprint density at radius 1 is 1.43 bits per heavy atom. The smallest absolute Gasteiger partial charge is 0.0315 e. The Bertz CT molecular complexity index is 246. The molecule has 0 bridgehead atoms. The Balaban J connectivity index is 2.39. The standard InChI is InChI=1S/C12H20N2/c1-4-10(2)8-14-11(3)12-6-5-7-13-9-12/h5-7,9-11,14H,4,8H2,1-3H3/t10-,11-/m0/s1. The Hall–Kier alpha value is -0.890. The van der Waals surface area contributed by atoms with Crippen LogP contribution < -0.4 is 5.32 Å². The first-order valence-electron chi connectivity index (χ1n) is 5.37. The van der Waals surface area contributed by atoms with Crippen molar-refractivity contribution in [3.05, 3.63) is 30.1 Å². The van der Waals surface area contributed by atoms with E-state index >= 15 is 0 Å². The number of rotatable bonds is 5. The number of nitrogens with one attached hydrogen (secondary N) is 1. The summed E-state index contributed by atoms with van der Waals surface area (Å²) >= 11 is 0. The van der Waals surface area contributed by atoms with E-state index in [9.17, 15) is 0 Å². The second-order valence-corrected chi connectivity index (χ2v) is 3.93. The van der Waals surface area contributed by atoms with E-state index in [1.807, 2.05) is 18.5 Å². The number of nitrogens with zero attached hydrogens (tertiary/aromatic N) is 1. The molecule has 0 saturated carbocycles. The molecule has 2 atom stereocenters. The third-order valence-corrected chi connectivity index (χ3v) is 2.65. The molecule has 1 heterocycles. The molecular formula is C12H20N2. The molecule has 1 aromatic rings. The first-order chi connectivity index (χ1) is 6.74. The van der Waals surface area contributed by atoms with Crippen LogP contribution in [0, 0.1) is 5.92 Å².